The first-order valence-corrected chi connectivity index (χ1v) is 8.27. The van der Waals surface area contributed by atoms with Gasteiger partial charge in [-0.05, 0) is 13.8 Å². The van der Waals surface area contributed by atoms with Crippen molar-refractivity contribution in [3.8, 4) is 0 Å². The molecule has 0 amide bonds. The molecule has 1 aromatic rings. The molecule has 0 atom stereocenters. The molecule has 19 heavy (non-hydrogen) atoms. The van der Waals surface area contributed by atoms with Crippen molar-refractivity contribution in [3.05, 3.63) is 20.4 Å². The molecule has 0 aliphatic heterocycles. The van der Waals surface area contributed by atoms with Crippen molar-refractivity contribution < 1.29 is 13.6 Å². The van der Waals surface area contributed by atoms with Gasteiger partial charge in [-0.25, -0.2) is 9.55 Å². The smallest absolute Gasteiger partial charge is 0.293 e. The minimum absolute atomic E-state index is 0.0179. The molecule has 0 aliphatic rings. The lowest BCUT2D eigenvalue weighted by molar-refractivity contribution is 0.225. The van der Waals surface area contributed by atoms with E-state index in [1.807, 2.05) is 0 Å². The number of anilines is 1. The first kappa shape index (κ1) is 17.3. The average molecular weight is 368 g/mol. The summed E-state index contributed by atoms with van der Waals surface area (Å²) in [4.78, 5) is 3.71. The van der Waals surface area contributed by atoms with Crippen LogP contribution >= 0.6 is 54.2 Å². The van der Waals surface area contributed by atoms with Crippen LogP contribution in [0.15, 0.2) is 0 Å². The van der Waals surface area contributed by atoms with E-state index in [1.165, 1.54) is 0 Å². The lowest BCUT2D eigenvalue weighted by Crippen LogP contribution is -2.06. The lowest BCUT2D eigenvalue weighted by atomic mass is 10.4. The van der Waals surface area contributed by atoms with Crippen LogP contribution in [0.5, 0.6) is 0 Å². The quantitative estimate of drug-likeness (QED) is 0.546. The van der Waals surface area contributed by atoms with E-state index < -0.39 is 7.75 Å². The standard InChI is InChI=1S/C9H11Cl4N2O3P/c1-3-17-19(16,18-4-2)15-7-5(10)8(12)14-9(13)6(7)11/h3-4H2,1-2H3,(H,14,15,16). The van der Waals surface area contributed by atoms with Crippen molar-refractivity contribution in [3.63, 3.8) is 0 Å². The Hall–Kier alpha value is 0.260. The van der Waals surface area contributed by atoms with Gasteiger partial charge < -0.3 is 0 Å². The predicted octanol–water partition coefficient (Wildman–Crippen LogP) is 5.29. The number of rotatable bonds is 6. The van der Waals surface area contributed by atoms with Gasteiger partial charge in [-0.2, -0.15) is 0 Å². The van der Waals surface area contributed by atoms with Crippen molar-refractivity contribution in [2.75, 3.05) is 18.3 Å². The van der Waals surface area contributed by atoms with Crippen LogP contribution in [0, 0.1) is 0 Å². The van der Waals surface area contributed by atoms with Crippen molar-refractivity contribution in [2.24, 2.45) is 0 Å². The second-order valence-corrected chi connectivity index (χ2v) is 6.35. The molecule has 10 heteroatoms. The van der Waals surface area contributed by atoms with Crippen LogP contribution < -0.4 is 5.09 Å². The summed E-state index contributed by atoms with van der Waals surface area (Å²) in [6, 6.07) is 0. The van der Waals surface area contributed by atoms with Gasteiger partial charge in [0, 0.05) is 0 Å². The topological polar surface area (TPSA) is 60.5 Å². The Morgan fingerprint density at radius 1 is 1.05 bits per heavy atom. The van der Waals surface area contributed by atoms with E-state index >= 15 is 0 Å². The summed E-state index contributed by atoms with van der Waals surface area (Å²) in [5.74, 6) is 0. The fraction of sp³-hybridized carbons (Fsp3) is 0.444. The van der Waals surface area contributed by atoms with Gasteiger partial charge in [0.1, 0.15) is 10.0 Å². The largest absolute Gasteiger partial charge is 0.432 e. The molecule has 1 rings (SSSR count). The van der Waals surface area contributed by atoms with Gasteiger partial charge >= 0.3 is 7.75 Å². The minimum Gasteiger partial charge on any atom is -0.293 e. The molecule has 0 aromatic carbocycles. The summed E-state index contributed by atoms with van der Waals surface area (Å²) in [5, 5.41) is 2.34. The molecule has 0 radical (unpaired) electrons. The molecule has 108 valence electrons. The molecule has 0 unspecified atom stereocenters. The average Bonchev–Trinajstić information content (AvgIpc) is 2.33. The van der Waals surface area contributed by atoms with Gasteiger partial charge in [0.05, 0.1) is 18.9 Å². The first-order chi connectivity index (χ1) is 8.84. The fourth-order valence-corrected chi connectivity index (χ4v) is 3.49. The number of aromatic nitrogens is 1. The predicted molar refractivity (Wildman–Crippen MR) is 78.8 cm³/mol. The third kappa shape index (κ3) is 4.36. The summed E-state index contributed by atoms with van der Waals surface area (Å²) in [7, 11) is -3.60. The van der Waals surface area contributed by atoms with Gasteiger partial charge in [0.25, 0.3) is 0 Å². The normalized spacial score (nSPS) is 11.7. The summed E-state index contributed by atoms with van der Waals surface area (Å²) >= 11 is 23.4. The molecule has 1 N–H and O–H groups in total. The highest BCUT2D eigenvalue weighted by Crippen LogP contribution is 2.52. The van der Waals surface area contributed by atoms with E-state index in [2.05, 4.69) is 10.1 Å². The molecule has 0 saturated carbocycles. The Labute approximate surface area is 131 Å². The van der Waals surface area contributed by atoms with Gasteiger partial charge in [0.2, 0.25) is 0 Å². The molecular formula is C9H11Cl4N2O3P. The maximum absolute atomic E-state index is 12.3. The van der Waals surface area contributed by atoms with Gasteiger partial charge in [0.15, 0.2) is 10.3 Å². The Kier molecular flexibility index (Phi) is 6.67. The van der Waals surface area contributed by atoms with Gasteiger partial charge in [-0.15, -0.1) is 0 Å². The lowest BCUT2D eigenvalue weighted by Gasteiger charge is -2.20. The Morgan fingerprint density at radius 2 is 1.47 bits per heavy atom. The van der Waals surface area contributed by atoms with E-state index in [4.69, 9.17) is 55.5 Å². The number of hydrogen-bond acceptors (Lipinski definition) is 4. The third-order valence-electron chi connectivity index (χ3n) is 1.84. The zero-order valence-corrected chi connectivity index (χ0v) is 14.0. The molecule has 5 nitrogen and oxygen atoms in total. The highest BCUT2D eigenvalue weighted by atomic mass is 35.5. The maximum Gasteiger partial charge on any atom is 0.432 e. The zero-order valence-electron chi connectivity index (χ0n) is 10.0. The Bertz CT molecular complexity index is 478. The van der Waals surface area contributed by atoms with Gasteiger partial charge in [-0.3, -0.25) is 14.1 Å². The van der Waals surface area contributed by atoms with Gasteiger partial charge in [-0.1, -0.05) is 46.4 Å². The molecule has 1 aromatic heterocycles. The van der Waals surface area contributed by atoms with E-state index in [0.29, 0.717) is 0 Å². The summed E-state index contributed by atoms with van der Waals surface area (Å²) in [6.07, 6.45) is 0. The van der Waals surface area contributed by atoms with Crippen LogP contribution in [0.1, 0.15) is 13.8 Å². The second kappa shape index (κ2) is 7.32. The third-order valence-corrected chi connectivity index (χ3v) is 5.01. The number of halogens is 4. The molecule has 0 spiro atoms. The summed E-state index contributed by atoms with van der Waals surface area (Å²) < 4.78 is 22.5. The zero-order chi connectivity index (χ0) is 14.6. The van der Waals surface area contributed by atoms with Crippen LogP contribution in [-0.2, 0) is 13.6 Å². The number of hydrogen-bond donors (Lipinski definition) is 1. The Morgan fingerprint density at radius 3 is 1.84 bits per heavy atom. The Balaban J connectivity index is 3.20. The minimum atomic E-state index is -3.60. The van der Waals surface area contributed by atoms with Crippen molar-refractivity contribution >= 4 is 59.8 Å². The van der Waals surface area contributed by atoms with Crippen LogP contribution in [0.25, 0.3) is 0 Å². The molecular weight excluding hydrogens is 357 g/mol. The molecule has 0 saturated heterocycles. The highest BCUT2D eigenvalue weighted by molar-refractivity contribution is 7.55. The van der Waals surface area contributed by atoms with Crippen LogP contribution in [0.3, 0.4) is 0 Å². The van der Waals surface area contributed by atoms with Crippen LogP contribution in [0.2, 0.25) is 20.4 Å². The fourth-order valence-electron chi connectivity index (χ4n) is 1.16. The summed E-state index contributed by atoms with van der Waals surface area (Å²) in [5.41, 5.74) is 0.0542. The van der Waals surface area contributed by atoms with E-state index in [0.717, 1.165) is 0 Å². The van der Waals surface area contributed by atoms with Crippen molar-refractivity contribution in [2.45, 2.75) is 13.8 Å². The number of pyridine rings is 1. The summed E-state index contributed by atoms with van der Waals surface area (Å²) in [6.45, 7) is 3.68. The highest BCUT2D eigenvalue weighted by Gasteiger charge is 2.28. The SMILES string of the molecule is CCOP(=O)(Nc1c(Cl)c(Cl)nc(Cl)c1Cl)OCC. The van der Waals surface area contributed by atoms with Crippen LogP contribution in [-0.4, -0.2) is 18.2 Å². The monoisotopic (exact) mass is 366 g/mol. The van der Waals surface area contributed by atoms with Crippen molar-refractivity contribution in [1.29, 1.82) is 0 Å². The first-order valence-electron chi connectivity index (χ1n) is 5.22. The molecule has 0 fully saturated rings. The van der Waals surface area contributed by atoms with Crippen molar-refractivity contribution in [1.82, 2.24) is 4.98 Å². The second-order valence-electron chi connectivity index (χ2n) is 3.14. The molecule has 0 bridgehead atoms. The van der Waals surface area contributed by atoms with E-state index in [1.54, 1.807) is 13.8 Å². The molecule has 0 aliphatic carbocycles. The molecule has 1 heterocycles. The van der Waals surface area contributed by atoms with E-state index in [-0.39, 0.29) is 39.3 Å². The maximum atomic E-state index is 12.3. The number of nitrogens with one attached hydrogen (secondary N) is 1. The number of nitrogens with zero attached hydrogens (tertiary/aromatic N) is 1. The van der Waals surface area contributed by atoms with E-state index in [9.17, 15) is 4.57 Å². The van der Waals surface area contributed by atoms with Crippen LogP contribution in [0.4, 0.5) is 5.69 Å².